The fourth-order valence-corrected chi connectivity index (χ4v) is 4.35. The molecule has 8 nitrogen and oxygen atoms in total. The molecule has 0 radical (unpaired) electrons. The Morgan fingerprint density at radius 1 is 0.706 bits per heavy atom. The Bertz CT molecular complexity index is 642. The summed E-state index contributed by atoms with van der Waals surface area (Å²) in [7, 11) is 0. The summed E-state index contributed by atoms with van der Waals surface area (Å²) in [5.74, 6) is 1.67. The fourth-order valence-electron chi connectivity index (χ4n) is 4.19. The van der Waals surface area contributed by atoms with Crippen molar-refractivity contribution in [3.63, 3.8) is 0 Å². The van der Waals surface area contributed by atoms with Crippen LogP contribution in [0.2, 0.25) is 0 Å². The predicted octanol–water partition coefficient (Wildman–Crippen LogP) is 6.54. The maximum atomic E-state index is 12.0. The van der Waals surface area contributed by atoms with E-state index in [4.69, 9.17) is 32.7 Å². The highest BCUT2D eigenvalue weighted by atomic mass is 35.5. The Morgan fingerprint density at radius 2 is 1.03 bits per heavy atom. The van der Waals surface area contributed by atoms with Crippen LogP contribution >= 0.6 is 23.2 Å². The number of nitrogens with zero attached hydrogens (tertiary/aromatic N) is 4. The first-order chi connectivity index (χ1) is 16.4. The van der Waals surface area contributed by atoms with E-state index in [1.165, 1.54) is 38.5 Å². The summed E-state index contributed by atoms with van der Waals surface area (Å²) in [6, 6.07) is 0. The maximum absolute atomic E-state index is 12.0. The highest BCUT2D eigenvalue weighted by Gasteiger charge is 2.26. The van der Waals surface area contributed by atoms with Gasteiger partial charge in [0.05, 0.1) is 26.2 Å². The number of hydrogen-bond donors (Lipinski definition) is 0. The maximum Gasteiger partial charge on any atom is 0.416 e. The number of unbranched alkanes of at least 4 members (excludes halogenated alkanes) is 9. The van der Waals surface area contributed by atoms with Gasteiger partial charge >= 0.3 is 12.2 Å². The molecule has 2 aliphatic rings. The van der Waals surface area contributed by atoms with Crippen molar-refractivity contribution in [1.82, 2.24) is 9.80 Å². The standard InChI is InChI=1S/C24H40Cl2N4O4/c1-19(25)33-23(31)29-17-15-27-21(29)13-11-9-7-5-3-4-6-8-10-12-14-22-28-16-18-30(22)24(32)34-20(2)26/h19-20H,3-18H2,1-2H3. The van der Waals surface area contributed by atoms with Crippen LogP contribution in [0.4, 0.5) is 9.59 Å². The third-order valence-corrected chi connectivity index (χ3v) is 6.06. The largest absolute Gasteiger partial charge is 0.430 e. The second-order valence-corrected chi connectivity index (χ2v) is 10.0. The Balaban J connectivity index is 1.42. The molecule has 10 heteroatoms. The normalized spacial score (nSPS) is 17.4. The van der Waals surface area contributed by atoms with Gasteiger partial charge in [-0.25, -0.2) is 9.59 Å². The zero-order valence-electron chi connectivity index (χ0n) is 20.6. The molecule has 0 aromatic carbocycles. The summed E-state index contributed by atoms with van der Waals surface area (Å²) in [5.41, 5.74) is -1.25. The van der Waals surface area contributed by atoms with E-state index >= 15 is 0 Å². The number of alkyl halides is 2. The van der Waals surface area contributed by atoms with Crippen LogP contribution in [-0.4, -0.2) is 71.0 Å². The van der Waals surface area contributed by atoms with Gasteiger partial charge in [0, 0.05) is 12.8 Å². The second-order valence-electron chi connectivity index (χ2n) is 8.79. The molecule has 34 heavy (non-hydrogen) atoms. The Labute approximate surface area is 214 Å². The van der Waals surface area contributed by atoms with E-state index in [1.54, 1.807) is 23.6 Å². The van der Waals surface area contributed by atoms with Crippen molar-refractivity contribution >= 4 is 47.1 Å². The number of ether oxygens (including phenoxy) is 2. The monoisotopic (exact) mass is 518 g/mol. The van der Waals surface area contributed by atoms with E-state index in [9.17, 15) is 9.59 Å². The minimum atomic E-state index is -0.627. The molecule has 194 valence electrons. The minimum Gasteiger partial charge on any atom is -0.430 e. The number of halogens is 2. The summed E-state index contributed by atoms with van der Waals surface area (Å²) in [4.78, 5) is 36.1. The topological polar surface area (TPSA) is 83.8 Å². The molecule has 2 amide bonds. The highest BCUT2D eigenvalue weighted by Crippen LogP contribution is 2.17. The lowest BCUT2D eigenvalue weighted by Crippen LogP contribution is -2.35. The first-order valence-corrected chi connectivity index (χ1v) is 13.6. The molecule has 0 N–H and O–H groups in total. The predicted molar refractivity (Wildman–Crippen MR) is 137 cm³/mol. The molecule has 2 heterocycles. The van der Waals surface area contributed by atoms with Gasteiger partial charge in [-0.3, -0.25) is 19.8 Å². The van der Waals surface area contributed by atoms with Crippen molar-refractivity contribution in [3.8, 4) is 0 Å². The molecule has 2 atom stereocenters. The zero-order valence-corrected chi connectivity index (χ0v) is 22.2. The van der Waals surface area contributed by atoms with Gasteiger partial charge < -0.3 is 9.47 Å². The molecule has 0 saturated heterocycles. The third-order valence-electron chi connectivity index (χ3n) is 5.88. The summed E-state index contributed by atoms with van der Waals surface area (Å²) >= 11 is 11.5. The molecule has 0 aromatic heterocycles. The van der Waals surface area contributed by atoms with Gasteiger partial charge in [0.2, 0.25) is 0 Å². The fraction of sp³-hybridized carbons (Fsp3) is 0.833. The molecule has 0 aliphatic carbocycles. The van der Waals surface area contributed by atoms with Crippen LogP contribution in [-0.2, 0) is 9.47 Å². The van der Waals surface area contributed by atoms with Gasteiger partial charge in [0.15, 0.2) is 11.1 Å². The minimum absolute atomic E-state index is 0.393. The SMILES string of the molecule is CC(Cl)OC(=O)N1CCN=C1CCCCCCCCCCCCC1=NCCN1C(=O)OC(C)Cl. The molecule has 2 aliphatic heterocycles. The Morgan fingerprint density at radius 3 is 1.35 bits per heavy atom. The van der Waals surface area contributed by atoms with Crippen molar-refractivity contribution in [3.05, 3.63) is 0 Å². The third kappa shape index (κ3) is 10.8. The average Bonchev–Trinajstić information content (AvgIpc) is 3.43. The van der Waals surface area contributed by atoms with Crippen LogP contribution in [0.3, 0.4) is 0 Å². The lowest BCUT2D eigenvalue weighted by molar-refractivity contribution is 0.116. The molecule has 0 spiro atoms. The molecule has 2 rings (SSSR count). The number of hydrogen-bond acceptors (Lipinski definition) is 6. The smallest absolute Gasteiger partial charge is 0.416 e. The van der Waals surface area contributed by atoms with Crippen LogP contribution in [0.15, 0.2) is 9.98 Å². The first kappa shape index (κ1) is 28.7. The molecule has 0 saturated carbocycles. The van der Waals surface area contributed by atoms with E-state index in [1.807, 2.05) is 0 Å². The van der Waals surface area contributed by atoms with Crippen LogP contribution in [0.1, 0.15) is 90.9 Å². The van der Waals surface area contributed by atoms with E-state index in [2.05, 4.69) is 9.98 Å². The molecule has 0 aromatic rings. The quantitative estimate of drug-likeness (QED) is 0.182. The van der Waals surface area contributed by atoms with E-state index < -0.39 is 23.3 Å². The van der Waals surface area contributed by atoms with Gasteiger partial charge in [-0.1, -0.05) is 74.6 Å². The highest BCUT2D eigenvalue weighted by molar-refractivity contribution is 6.20. The first-order valence-electron chi connectivity index (χ1n) is 12.7. The molecule has 0 bridgehead atoms. The lowest BCUT2D eigenvalue weighted by Gasteiger charge is -2.19. The van der Waals surface area contributed by atoms with Gasteiger partial charge in [-0.05, 0) is 26.7 Å². The van der Waals surface area contributed by atoms with Crippen molar-refractivity contribution in [2.75, 3.05) is 26.2 Å². The summed E-state index contributed by atoms with van der Waals surface area (Å²) in [6.07, 6.45) is 12.7. The average molecular weight is 520 g/mol. The van der Waals surface area contributed by atoms with Gasteiger partial charge in [0.25, 0.3) is 0 Å². The number of amidine groups is 2. The van der Waals surface area contributed by atoms with E-state index in [0.29, 0.717) is 26.2 Å². The molecular weight excluding hydrogens is 479 g/mol. The van der Waals surface area contributed by atoms with Crippen LogP contribution < -0.4 is 0 Å². The zero-order chi connectivity index (χ0) is 24.8. The van der Waals surface area contributed by atoms with Crippen molar-refractivity contribution in [2.45, 2.75) is 102 Å². The molecular formula is C24H40Cl2N4O4. The number of carbonyl (C=O) groups excluding carboxylic acids is 2. The van der Waals surface area contributed by atoms with E-state index in [0.717, 1.165) is 50.2 Å². The summed E-state index contributed by atoms with van der Waals surface area (Å²) < 4.78 is 10.1. The number of carbonyl (C=O) groups is 2. The summed E-state index contributed by atoms with van der Waals surface area (Å²) in [5, 5.41) is 0. The number of amides is 2. The van der Waals surface area contributed by atoms with Gasteiger partial charge in [-0.2, -0.15) is 0 Å². The van der Waals surface area contributed by atoms with Gasteiger partial charge in [0.1, 0.15) is 11.7 Å². The lowest BCUT2D eigenvalue weighted by atomic mass is 10.0. The van der Waals surface area contributed by atoms with Gasteiger partial charge in [-0.15, -0.1) is 0 Å². The number of aliphatic imine (C=N–C) groups is 2. The second kappa shape index (κ2) is 16.2. The molecule has 0 fully saturated rings. The van der Waals surface area contributed by atoms with E-state index in [-0.39, 0.29) is 0 Å². The Kier molecular flexibility index (Phi) is 13.7. The van der Waals surface area contributed by atoms with Crippen molar-refractivity contribution in [1.29, 1.82) is 0 Å². The van der Waals surface area contributed by atoms with Crippen LogP contribution in [0.25, 0.3) is 0 Å². The number of rotatable bonds is 15. The molecule has 2 unspecified atom stereocenters. The van der Waals surface area contributed by atoms with Crippen molar-refractivity contribution in [2.24, 2.45) is 9.98 Å². The van der Waals surface area contributed by atoms with Crippen LogP contribution in [0, 0.1) is 0 Å². The van der Waals surface area contributed by atoms with Crippen molar-refractivity contribution < 1.29 is 19.1 Å². The Hall–Kier alpha value is -1.54. The van der Waals surface area contributed by atoms with Crippen LogP contribution in [0.5, 0.6) is 0 Å². The summed E-state index contributed by atoms with van der Waals surface area (Å²) in [6.45, 7) is 5.74.